The third-order valence-corrected chi connectivity index (χ3v) is 4.80. The summed E-state index contributed by atoms with van der Waals surface area (Å²) < 4.78 is 0. The van der Waals surface area contributed by atoms with Crippen molar-refractivity contribution in [3.63, 3.8) is 0 Å². The van der Waals surface area contributed by atoms with Crippen LogP contribution in [0.2, 0.25) is 0 Å². The average Bonchev–Trinajstić information content (AvgIpc) is 2.80. The van der Waals surface area contributed by atoms with Gasteiger partial charge < -0.3 is 15.5 Å². The van der Waals surface area contributed by atoms with Crippen LogP contribution in [0, 0.1) is 17.8 Å². The standard InChI is InChI=1S/C14H23N3O2/c1-9-5-10(7-15-6-9)14(19)17-4-2-3-11-12(17)8-16-13(11)18/h9-12,15H,2-8H2,1H3,(H,16,18). The number of fused-ring (bicyclic) bond motifs is 1. The van der Waals surface area contributed by atoms with E-state index in [1.165, 1.54) is 0 Å². The molecule has 3 aliphatic rings. The number of carbonyl (C=O) groups is 2. The predicted octanol–water partition coefficient (Wildman–Crippen LogP) is -0.0310. The Balaban J connectivity index is 1.70. The van der Waals surface area contributed by atoms with Crippen molar-refractivity contribution in [2.45, 2.75) is 32.2 Å². The zero-order valence-electron chi connectivity index (χ0n) is 11.5. The second-order valence-electron chi connectivity index (χ2n) is 6.29. The van der Waals surface area contributed by atoms with Crippen LogP contribution in [-0.2, 0) is 9.59 Å². The molecule has 3 heterocycles. The highest BCUT2D eigenvalue weighted by Crippen LogP contribution is 2.29. The molecule has 0 aromatic carbocycles. The van der Waals surface area contributed by atoms with Crippen LogP contribution in [0.1, 0.15) is 26.2 Å². The molecular weight excluding hydrogens is 242 g/mol. The molecule has 0 radical (unpaired) electrons. The second-order valence-corrected chi connectivity index (χ2v) is 6.29. The second kappa shape index (κ2) is 5.12. The molecule has 3 fully saturated rings. The molecule has 0 aromatic heterocycles. The molecule has 2 N–H and O–H groups in total. The van der Waals surface area contributed by atoms with Gasteiger partial charge in [-0.15, -0.1) is 0 Å². The Morgan fingerprint density at radius 3 is 2.95 bits per heavy atom. The van der Waals surface area contributed by atoms with Crippen LogP contribution >= 0.6 is 0 Å². The molecule has 19 heavy (non-hydrogen) atoms. The Morgan fingerprint density at radius 1 is 1.32 bits per heavy atom. The summed E-state index contributed by atoms with van der Waals surface area (Å²) in [6.45, 7) is 5.45. The molecule has 0 spiro atoms. The predicted molar refractivity (Wildman–Crippen MR) is 71.4 cm³/mol. The normalized spacial score (nSPS) is 38.8. The number of hydrogen-bond donors (Lipinski definition) is 2. The van der Waals surface area contributed by atoms with E-state index < -0.39 is 0 Å². The summed E-state index contributed by atoms with van der Waals surface area (Å²) in [7, 11) is 0. The smallest absolute Gasteiger partial charge is 0.227 e. The minimum absolute atomic E-state index is 0.0340. The van der Waals surface area contributed by atoms with Crippen molar-refractivity contribution in [1.82, 2.24) is 15.5 Å². The summed E-state index contributed by atoms with van der Waals surface area (Å²) in [5.41, 5.74) is 0. The Bertz CT molecular complexity index is 385. The summed E-state index contributed by atoms with van der Waals surface area (Å²) in [5, 5.41) is 6.25. The van der Waals surface area contributed by atoms with Gasteiger partial charge in [-0.05, 0) is 31.7 Å². The van der Waals surface area contributed by atoms with Gasteiger partial charge >= 0.3 is 0 Å². The van der Waals surface area contributed by atoms with E-state index >= 15 is 0 Å². The molecule has 5 heteroatoms. The molecule has 0 aliphatic carbocycles. The number of piperidine rings is 2. The molecule has 4 atom stereocenters. The zero-order valence-corrected chi connectivity index (χ0v) is 11.5. The third-order valence-electron chi connectivity index (χ3n) is 4.80. The Hall–Kier alpha value is -1.10. The van der Waals surface area contributed by atoms with Gasteiger partial charge in [-0.2, -0.15) is 0 Å². The lowest BCUT2D eigenvalue weighted by molar-refractivity contribution is -0.141. The summed E-state index contributed by atoms with van der Waals surface area (Å²) in [6, 6.07) is 0.103. The number of rotatable bonds is 1. The van der Waals surface area contributed by atoms with Crippen molar-refractivity contribution < 1.29 is 9.59 Å². The van der Waals surface area contributed by atoms with Crippen molar-refractivity contribution in [1.29, 1.82) is 0 Å². The van der Waals surface area contributed by atoms with Crippen LogP contribution in [0.15, 0.2) is 0 Å². The largest absolute Gasteiger partial charge is 0.354 e. The lowest BCUT2D eigenvalue weighted by atomic mass is 9.87. The fourth-order valence-electron chi connectivity index (χ4n) is 3.80. The highest BCUT2D eigenvalue weighted by atomic mass is 16.2. The van der Waals surface area contributed by atoms with Gasteiger partial charge in [-0.1, -0.05) is 6.92 Å². The van der Waals surface area contributed by atoms with Crippen LogP contribution in [0.3, 0.4) is 0 Å². The molecule has 3 aliphatic heterocycles. The third kappa shape index (κ3) is 2.36. The van der Waals surface area contributed by atoms with Crippen molar-refractivity contribution in [2.24, 2.45) is 17.8 Å². The summed E-state index contributed by atoms with van der Waals surface area (Å²) in [5.74, 6) is 1.08. The molecule has 4 unspecified atom stereocenters. The molecule has 106 valence electrons. The molecular formula is C14H23N3O2. The van der Waals surface area contributed by atoms with E-state index in [2.05, 4.69) is 17.6 Å². The van der Waals surface area contributed by atoms with Crippen LogP contribution in [-0.4, -0.2) is 48.9 Å². The molecule has 0 saturated carbocycles. The zero-order chi connectivity index (χ0) is 13.4. The van der Waals surface area contributed by atoms with E-state index in [-0.39, 0.29) is 29.7 Å². The van der Waals surface area contributed by atoms with Gasteiger partial charge in [0.15, 0.2) is 0 Å². The van der Waals surface area contributed by atoms with Gasteiger partial charge in [0.1, 0.15) is 0 Å². The number of hydrogen-bond acceptors (Lipinski definition) is 3. The lowest BCUT2D eigenvalue weighted by Crippen LogP contribution is -2.53. The minimum Gasteiger partial charge on any atom is -0.354 e. The highest BCUT2D eigenvalue weighted by molar-refractivity contribution is 5.85. The maximum atomic E-state index is 12.7. The van der Waals surface area contributed by atoms with Crippen molar-refractivity contribution in [3.05, 3.63) is 0 Å². The van der Waals surface area contributed by atoms with E-state index in [0.29, 0.717) is 12.5 Å². The maximum Gasteiger partial charge on any atom is 0.227 e. The summed E-state index contributed by atoms with van der Waals surface area (Å²) in [6.07, 6.45) is 2.86. The van der Waals surface area contributed by atoms with Crippen molar-refractivity contribution in [2.75, 3.05) is 26.2 Å². The maximum absolute atomic E-state index is 12.7. The molecule has 0 bridgehead atoms. The summed E-state index contributed by atoms with van der Waals surface area (Å²) >= 11 is 0. The first-order valence-electron chi connectivity index (χ1n) is 7.45. The van der Waals surface area contributed by atoms with Gasteiger partial charge in [0.05, 0.1) is 17.9 Å². The Kier molecular flexibility index (Phi) is 3.48. The number of nitrogens with one attached hydrogen (secondary N) is 2. The van der Waals surface area contributed by atoms with Gasteiger partial charge in [-0.3, -0.25) is 9.59 Å². The molecule has 0 aromatic rings. The van der Waals surface area contributed by atoms with Gasteiger partial charge in [0.2, 0.25) is 11.8 Å². The SMILES string of the molecule is CC1CNCC(C(=O)N2CCCC3C(=O)NCC32)C1. The topological polar surface area (TPSA) is 61.4 Å². The summed E-state index contributed by atoms with van der Waals surface area (Å²) in [4.78, 5) is 26.4. The minimum atomic E-state index is 0.0340. The van der Waals surface area contributed by atoms with Crippen molar-refractivity contribution >= 4 is 11.8 Å². The van der Waals surface area contributed by atoms with Gasteiger partial charge in [0, 0.05) is 19.6 Å². The molecule has 3 rings (SSSR count). The highest BCUT2D eigenvalue weighted by Gasteiger charge is 2.44. The van der Waals surface area contributed by atoms with E-state index in [1.807, 2.05) is 4.90 Å². The van der Waals surface area contributed by atoms with Crippen LogP contribution in [0.25, 0.3) is 0 Å². The van der Waals surface area contributed by atoms with Gasteiger partial charge in [0.25, 0.3) is 0 Å². The van der Waals surface area contributed by atoms with E-state index in [0.717, 1.165) is 38.9 Å². The fraction of sp³-hybridized carbons (Fsp3) is 0.857. The molecule has 2 amide bonds. The Morgan fingerprint density at radius 2 is 2.16 bits per heavy atom. The van der Waals surface area contributed by atoms with Gasteiger partial charge in [-0.25, -0.2) is 0 Å². The lowest BCUT2D eigenvalue weighted by Gasteiger charge is -2.39. The first kappa shape index (κ1) is 12.9. The van der Waals surface area contributed by atoms with E-state index in [9.17, 15) is 9.59 Å². The molecule has 5 nitrogen and oxygen atoms in total. The Labute approximate surface area is 114 Å². The number of carbonyl (C=O) groups excluding carboxylic acids is 2. The fourth-order valence-corrected chi connectivity index (χ4v) is 3.80. The van der Waals surface area contributed by atoms with Crippen LogP contribution in [0.4, 0.5) is 0 Å². The monoisotopic (exact) mass is 265 g/mol. The number of nitrogens with zero attached hydrogens (tertiary/aromatic N) is 1. The first-order valence-corrected chi connectivity index (χ1v) is 7.45. The van der Waals surface area contributed by atoms with Crippen LogP contribution < -0.4 is 10.6 Å². The van der Waals surface area contributed by atoms with Crippen molar-refractivity contribution in [3.8, 4) is 0 Å². The number of amides is 2. The van der Waals surface area contributed by atoms with E-state index in [1.54, 1.807) is 0 Å². The van der Waals surface area contributed by atoms with E-state index in [4.69, 9.17) is 0 Å². The molecule has 3 saturated heterocycles. The average molecular weight is 265 g/mol. The first-order chi connectivity index (χ1) is 9.16. The van der Waals surface area contributed by atoms with Crippen LogP contribution in [0.5, 0.6) is 0 Å². The number of likely N-dealkylation sites (tertiary alicyclic amines) is 1. The quantitative estimate of drug-likeness (QED) is 0.700.